The van der Waals surface area contributed by atoms with Crippen LogP contribution in [0.3, 0.4) is 0 Å². The number of methoxy groups -OCH3 is 1. The van der Waals surface area contributed by atoms with Crippen molar-refractivity contribution in [2.24, 2.45) is 0 Å². The molecule has 0 spiro atoms. The van der Waals surface area contributed by atoms with E-state index in [0.717, 1.165) is 31.3 Å². The van der Waals surface area contributed by atoms with Crippen molar-refractivity contribution in [3.05, 3.63) is 65.1 Å². The predicted octanol–water partition coefficient (Wildman–Crippen LogP) is 3.95. The van der Waals surface area contributed by atoms with E-state index in [0.29, 0.717) is 39.7 Å². The molecule has 1 aliphatic heterocycles. The number of imidazole rings is 1. The quantitative estimate of drug-likeness (QED) is 0.459. The summed E-state index contributed by atoms with van der Waals surface area (Å²) in [4.78, 5) is 19.6. The maximum Gasteiger partial charge on any atom is 0.318 e. The van der Waals surface area contributed by atoms with Crippen molar-refractivity contribution in [3.8, 4) is 17.4 Å². The van der Waals surface area contributed by atoms with Gasteiger partial charge in [-0.2, -0.15) is 9.97 Å². The Morgan fingerprint density at radius 2 is 1.97 bits per heavy atom. The van der Waals surface area contributed by atoms with Gasteiger partial charge >= 0.3 is 6.01 Å². The van der Waals surface area contributed by atoms with Crippen LogP contribution in [0.15, 0.2) is 36.7 Å². The summed E-state index contributed by atoms with van der Waals surface area (Å²) in [5, 5.41) is 0. The van der Waals surface area contributed by atoms with Gasteiger partial charge in [0.2, 0.25) is 0 Å². The molecule has 33 heavy (non-hydrogen) atoms. The van der Waals surface area contributed by atoms with Crippen LogP contribution in [0.4, 0.5) is 8.78 Å². The van der Waals surface area contributed by atoms with E-state index in [1.165, 1.54) is 19.4 Å². The number of halogens is 2. The fraction of sp³-hybridized carbons (Fsp3) is 0.333. The lowest BCUT2D eigenvalue weighted by Crippen LogP contribution is -2.13. The van der Waals surface area contributed by atoms with Gasteiger partial charge in [-0.05, 0) is 50.6 Å². The van der Waals surface area contributed by atoms with E-state index in [2.05, 4.69) is 31.9 Å². The zero-order valence-corrected chi connectivity index (χ0v) is 18.7. The van der Waals surface area contributed by atoms with Gasteiger partial charge in [0.05, 0.1) is 25.5 Å². The summed E-state index contributed by atoms with van der Waals surface area (Å²) in [5.41, 5.74) is 3.61. The lowest BCUT2D eigenvalue weighted by molar-refractivity contribution is 0.380. The van der Waals surface area contributed by atoms with Crippen LogP contribution in [0.5, 0.6) is 6.01 Å². The molecule has 4 heterocycles. The first-order valence-electron chi connectivity index (χ1n) is 10.8. The summed E-state index contributed by atoms with van der Waals surface area (Å²) in [6.07, 6.45) is 3.68. The van der Waals surface area contributed by atoms with Crippen LogP contribution in [-0.2, 0) is 6.54 Å². The SMILES string of the molecule is COc1nc(C)c2nc(-c3cncc(F)c3)n(Cc3ccc(C4CCN(C)C4)cc3F)c2n1. The lowest BCUT2D eigenvalue weighted by Gasteiger charge is -2.14. The van der Waals surface area contributed by atoms with E-state index in [9.17, 15) is 4.39 Å². The molecule has 9 heteroatoms. The third-order valence-corrected chi connectivity index (χ3v) is 6.16. The van der Waals surface area contributed by atoms with Gasteiger partial charge in [-0.15, -0.1) is 0 Å². The molecule has 7 nitrogen and oxygen atoms in total. The Hall–Kier alpha value is -3.46. The van der Waals surface area contributed by atoms with Crippen molar-refractivity contribution >= 4 is 11.2 Å². The van der Waals surface area contributed by atoms with Gasteiger partial charge in [0.15, 0.2) is 5.65 Å². The smallest absolute Gasteiger partial charge is 0.318 e. The molecule has 3 aromatic heterocycles. The Morgan fingerprint density at radius 1 is 1.12 bits per heavy atom. The number of hydrogen-bond acceptors (Lipinski definition) is 6. The Balaban J connectivity index is 1.61. The van der Waals surface area contributed by atoms with E-state index in [1.807, 2.05) is 12.1 Å². The average Bonchev–Trinajstić information content (AvgIpc) is 3.39. The molecule has 0 saturated carbocycles. The topological polar surface area (TPSA) is 69.0 Å². The fourth-order valence-corrected chi connectivity index (χ4v) is 4.43. The van der Waals surface area contributed by atoms with E-state index in [-0.39, 0.29) is 18.4 Å². The maximum atomic E-state index is 15.2. The number of pyridine rings is 1. The molecule has 4 aromatic rings. The van der Waals surface area contributed by atoms with Crippen LogP contribution in [0.25, 0.3) is 22.6 Å². The zero-order chi connectivity index (χ0) is 23.1. The van der Waals surface area contributed by atoms with Crippen LogP contribution in [0.1, 0.15) is 29.2 Å². The maximum absolute atomic E-state index is 15.2. The first-order valence-corrected chi connectivity index (χ1v) is 10.8. The molecular formula is C24H24F2N6O. The van der Waals surface area contributed by atoms with Crippen molar-refractivity contribution in [1.82, 2.24) is 29.4 Å². The van der Waals surface area contributed by atoms with Gasteiger partial charge in [0.1, 0.15) is 23.0 Å². The van der Waals surface area contributed by atoms with Crippen molar-refractivity contribution < 1.29 is 13.5 Å². The summed E-state index contributed by atoms with van der Waals surface area (Å²) in [7, 11) is 3.56. The fourth-order valence-electron chi connectivity index (χ4n) is 4.43. The third kappa shape index (κ3) is 4.04. The number of fused-ring (bicyclic) bond motifs is 1. The molecule has 170 valence electrons. The normalized spacial score (nSPS) is 16.6. The van der Waals surface area contributed by atoms with Crippen LogP contribution >= 0.6 is 0 Å². The largest absolute Gasteiger partial charge is 0.467 e. The van der Waals surface area contributed by atoms with Crippen LogP contribution in [-0.4, -0.2) is 56.6 Å². The highest BCUT2D eigenvalue weighted by molar-refractivity contribution is 5.79. The van der Waals surface area contributed by atoms with Gasteiger partial charge in [0.25, 0.3) is 0 Å². The molecule has 1 saturated heterocycles. The molecule has 0 radical (unpaired) electrons. The lowest BCUT2D eigenvalue weighted by atomic mass is 9.97. The zero-order valence-electron chi connectivity index (χ0n) is 18.7. The molecule has 5 rings (SSSR count). The number of likely N-dealkylation sites (tertiary alicyclic amines) is 1. The summed E-state index contributed by atoms with van der Waals surface area (Å²) in [6, 6.07) is 6.97. The number of rotatable bonds is 5. The molecule has 0 N–H and O–H groups in total. The Kier molecular flexibility index (Phi) is 5.49. The monoisotopic (exact) mass is 450 g/mol. The van der Waals surface area contributed by atoms with Gasteiger partial charge in [0, 0.05) is 23.9 Å². The van der Waals surface area contributed by atoms with Crippen molar-refractivity contribution in [3.63, 3.8) is 0 Å². The minimum atomic E-state index is -0.483. The molecular weight excluding hydrogens is 426 g/mol. The van der Waals surface area contributed by atoms with Gasteiger partial charge in [-0.1, -0.05) is 12.1 Å². The Bertz CT molecular complexity index is 1340. The Labute approximate surface area is 190 Å². The minimum absolute atomic E-state index is 0.165. The second kappa shape index (κ2) is 8.47. The number of aromatic nitrogens is 5. The second-order valence-electron chi connectivity index (χ2n) is 8.48. The van der Waals surface area contributed by atoms with Crippen LogP contribution in [0, 0.1) is 18.6 Å². The molecule has 0 aliphatic carbocycles. The molecule has 0 amide bonds. The third-order valence-electron chi connectivity index (χ3n) is 6.16. The standard InChI is InChI=1S/C24H24F2N6O/c1-14-21-23(30-24(28-14)33-3)32(22(29-21)18-8-19(25)11-27-10-18)13-17-5-4-15(9-20(17)26)16-6-7-31(2)12-16/h4-5,8-11,16H,6-7,12-13H2,1-3H3. The number of nitrogens with zero attached hydrogens (tertiary/aromatic N) is 6. The number of benzene rings is 1. The van der Waals surface area contributed by atoms with E-state index in [4.69, 9.17) is 4.74 Å². The number of likely N-dealkylation sites (N-methyl/N-ethyl adjacent to an activating group) is 1. The van der Waals surface area contributed by atoms with Crippen molar-refractivity contribution in [2.45, 2.75) is 25.8 Å². The summed E-state index contributed by atoms with van der Waals surface area (Å²) < 4.78 is 36.2. The first-order chi connectivity index (χ1) is 15.9. The van der Waals surface area contributed by atoms with Crippen molar-refractivity contribution in [1.29, 1.82) is 0 Å². The summed E-state index contributed by atoms with van der Waals surface area (Å²) in [5.74, 6) is -0.00160. The second-order valence-corrected chi connectivity index (χ2v) is 8.48. The highest BCUT2D eigenvalue weighted by Crippen LogP contribution is 2.30. The average molecular weight is 450 g/mol. The first kappa shape index (κ1) is 21.4. The molecule has 1 aromatic carbocycles. The van der Waals surface area contributed by atoms with E-state index in [1.54, 1.807) is 17.6 Å². The molecule has 1 unspecified atom stereocenters. The molecule has 1 aliphatic rings. The van der Waals surface area contributed by atoms with E-state index < -0.39 is 5.82 Å². The van der Waals surface area contributed by atoms with Crippen LogP contribution in [0.2, 0.25) is 0 Å². The summed E-state index contributed by atoms with van der Waals surface area (Å²) in [6.45, 7) is 3.91. The molecule has 1 fully saturated rings. The minimum Gasteiger partial charge on any atom is -0.467 e. The Morgan fingerprint density at radius 3 is 2.67 bits per heavy atom. The molecule has 0 bridgehead atoms. The van der Waals surface area contributed by atoms with Crippen LogP contribution < -0.4 is 4.74 Å². The number of hydrogen-bond donors (Lipinski definition) is 0. The molecule has 1 atom stereocenters. The summed E-state index contributed by atoms with van der Waals surface area (Å²) >= 11 is 0. The number of aryl methyl sites for hydroxylation is 1. The highest BCUT2D eigenvalue weighted by Gasteiger charge is 2.23. The van der Waals surface area contributed by atoms with Crippen molar-refractivity contribution in [2.75, 3.05) is 27.2 Å². The number of ether oxygens (including phenoxy) is 1. The van der Waals surface area contributed by atoms with Gasteiger partial charge < -0.3 is 14.2 Å². The predicted molar refractivity (Wildman–Crippen MR) is 120 cm³/mol. The van der Waals surface area contributed by atoms with Gasteiger partial charge in [-0.25, -0.2) is 13.8 Å². The highest BCUT2D eigenvalue weighted by atomic mass is 19.1. The van der Waals surface area contributed by atoms with E-state index >= 15 is 4.39 Å². The van der Waals surface area contributed by atoms with Gasteiger partial charge in [-0.3, -0.25) is 4.98 Å².